The van der Waals surface area contributed by atoms with Crippen molar-refractivity contribution >= 4 is 11.9 Å². The van der Waals surface area contributed by atoms with Crippen LogP contribution in [-0.2, 0) is 4.79 Å². The summed E-state index contributed by atoms with van der Waals surface area (Å²) < 4.78 is 0. The van der Waals surface area contributed by atoms with E-state index in [1.807, 2.05) is 11.8 Å². The van der Waals surface area contributed by atoms with Gasteiger partial charge >= 0.3 is 6.03 Å². The van der Waals surface area contributed by atoms with Gasteiger partial charge in [0.15, 0.2) is 0 Å². The SMILES string of the molecule is CC(=O)N1CCC(NC(=O)NC(C)(CN)CC(C)C)CC1. The molecule has 1 rings (SSSR count). The molecular formula is C15H30N4O2. The Hall–Kier alpha value is -1.30. The van der Waals surface area contributed by atoms with Crippen LogP contribution in [0, 0.1) is 5.92 Å². The number of nitrogens with zero attached hydrogens (tertiary/aromatic N) is 1. The third-order valence-electron chi connectivity index (χ3n) is 4.00. The summed E-state index contributed by atoms with van der Waals surface area (Å²) in [6.07, 6.45) is 2.45. The second-order valence-corrected chi connectivity index (χ2v) is 6.74. The second-order valence-electron chi connectivity index (χ2n) is 6.74. The van der Waals surface area contributed by atoms with Gasteiger partial charge in [0.2, 0.25) is 5.91 Å². The number of urea groups is 1. The van der Waals surface area contributed by atoms with Gasteiger partial charge in [0.25, 0.3) is 0 Å². The molecule has 0 bridgehead atoms. The molecule has 1 saturated heterocycles. The van der Waals surface area contributed by atoms with Crippen LogP contribution in [0.4, 0.5) is 4.79 Å². The van der Waals surface area contributed by atoms with Crippen LogP contribution in [-0.4, -0.2) is 48.1 Å². The van der Waals surface area contributed by atoms with Crippen molar-refractivity contribution in [2.75, 3.05) is 19.6 Å². The van der Waals surface area contributed by atoms with E-state index in [4.69, 9.17) is 5.73 Å². The summed E-state index contributed by atoms with van der Waals surface area (Å²) in [6.45, 7) is 9.63. The zero-order valence-electron chi connectivity index (χ0n) is 13.7. The van der Waals surface area contributed by atoms with Crippen molar-refractivity contribution in [1.29, 1.82) is 0 Å². The Bertz CT molecular complexity index is 365. The van der Waals surface area contributed by atoms with E-state index in [0.29, 0.717) is 25.6 Å². The van der Waals surface area contributed by atoms with Crippen LogP contribution in [0.3, 0.4) is 0 Å². The number of rotatable bonds is 5. The van der Waals surface area contributed by atoms with Gasteiger partial charge in [0.1, 0.15) is 0 Å². The van der Waals surface area contributed by atoms with E-state index in [1.54, 1.807) is 6.92 Å². The molecule has 3 amide bonds. The highest BCUT2D eigenvalue weighted by molar-refractivity contribution is 5.75. The number of nitrogens with two attached hydrogens (primary N) is 1. The summed E-state index contributed by atoms with van der Waals surface area (Å²) in [4.78, 5) is 25.2. The van der Waals surface area contributed by atoms with Gasteiger partial charge in [-0.3, -0.25) is 4.79 Å². The van der Waals surface area contributed by atoms with Crippen molar-refractivity contribution in [3.8, 4) is 0 Å². The van der Waals surface area contributed by atoms with Crippen LogP contribution in [0.5, 0.6) is 0 Å². The van der Waals surface area contributed by atoms with E-state index < -0.39 is 0 Å². The highest BCUT2D eigenvalue weighted by Crippen LogP contribution is 2.15. The van der Waals surface area contributed by atoms with Crippen LogP contribution >= 0.6 is 0 Å². The number of nitrogens with one attached hydrogen (secondary N) is 2. The van der Waals surface area contributed by atoms with Gasteiger partial charge in [-0.05, 0) is 32.1 Å². The molecule has 6 heteroatoms. The molecule has 1 atom stereocenters. The Balaban J connectivity index is 2.42. The molecule has 1 aliphatic rings. The number of amides is 3. The van der Waals surface area contributed by atoms with Crippen LogP contribution in [0.1, 0.15) is 47.0 Å². The highest BCUT2D eigenvalue weighted by Gasteiger charge is 2.28. The lowest BCUT2D eigenvalue weighted by atomic mass is 9.91. The Kier molecular flexibility index (Phi) is 6.45. The molecule has 0 aromatic rings. The van der Waals surface area contributed by atoms with E-state index in [-0.39, 0.29) is 23.5 Å². The van der Waals surface area contributed by atoms with E-state index in [2.05, 4.69) is 24.5 Å². The molecule has 0 saturated carbocycles. The van der Waals surface area contributed by atoms with Gasteiger partial charge in [-0.15, -0.1) is 0 Å². The number of piperidine rings is 1. The van der Waals surface area contributed by atoms with Gasteiger partial charge < -0.3 is 21.3 Å². The zero-order valence-corrected chi connectivity index (χ0v) is 13.7. The molecule has 0 aromatic carbocycles. The predicted octanol–water partition coefficient (Wildman–Crippen LogP) is 1.06. The molecule has 1 aliphatic heterocycles. The first kappa shape index (κ1) is 17.8. The first-order chi connectivity index (χ1) is 9.75. The van der Waals surface area contributed by atoms with Crippen molar-refractivity contribution in [2.45, 2.75) is 58.5 Å². The molecule has 1 heterocycles. The standard InChI is InChI=1S/C15H30N4O2/c1-11(2)9-15(4,10-16)18-14(21)17-13-5-7-19(8-6-13)12(3)20/h11,13H,5-10,16H2,1-4H3,(H2,17,18,21). The first-order valence-electron chi connectivity index (χ1n) is 7.80. The Morgan fingerprint density at radius 1 is 1.33 bits per heavy atom. The lowest BCUT2D eigenvalue weighted by Gasteiger charge is -2.34. The summed E-state index contributed by atoms with van der Waals surface area (Å²) in [5.74, 6) is 0.572. The smallest absolute Gasteiger partial charge is 0.315 e. The molecule has 0 aliphatic carbocycles. The minimum Gasteiger partial charge on any atom is -0.343 e. The van der Waals surface area contributed by atoms with Gasteiger partial charge in [-0.25, -0.2) is 4.79 Å². The topological polar surface area (TPSA) is 87.5 Å². The van der Waals surface area contributed by atoms with Crippen LogP contribution in [0.25, 0.3) is 0 Å². The summed E-state index contributed by atoms with van der Waals surface area (Å²) in [5.41, 5.74) is 5.42. The number of carbonyl (C=O) groups excluding carboxylic acids is 2. The average molecular weight is 298 g/mol. The van der Waals surface area contributed by atoms with Crippen LogP contribution in [0.15, 0.2) is 0 Å². The molecule has 122 valence electrons. The summed E-state index contributed by atoms with van der Waals surface area (Å²) in [5, 5.41) is 6.00. The monoisotopic (exact) mass is 298 g/mol. The maximum atomic E-state index is 12.1. The highest BCUT2D eigenvalue weighted by atomic mass is 16.2. The average Bonchev–Trinajstić information content (AvgIpc) is 2.38. The fraction of sp³-hybridized carbons (Fsp3) is 0.867. The maximum absolute atomic E-state index is 12.1. The molecule has 6 nitrogen and oxygen atoms in total. The molecule has 0 aromatic heterocycles. The van der Waals surface area contributed by atoms with E-state index in [1.165, 1.54) is 0 Å². The van der Waals surface area contributed by atoms with Crippen molar-refractivity contribution < 1.29 is 9.59 Å². The molecule has 0 spiro atoms. The van der Waals surface area contributed by atoms with Crippen molar-refractivity contribution in [3.05, 3.63) is 0 Å². The number of hydrogen-bond donors (Lipinski definition) is 3. The normalized spacial score (nSPS) is 19.2. The summed E-state index contributed by atoms with van der Waals surface area (Å²) in [6, 6.07) is -0.0356. The molecule has 1 fully saturated rings. The molecule has 0 radical (unpaired) electrons. The van der Waals surface area contributed by atoms with Gasteiger partial charge in [0, 0.05) is 32.6 Å². The molecule has 4 N–H and O–H groups in total. The molecule has 21 heavy (non-hydrogen) atoms. The zero-order chi connectivity index (χ0) is 16.0. The molecule has 1 unspecified atom stereocenters. The summed E-state index contributed by atoms with van der Waals surface area (Å²) in [7, 11) is 0. The Morgan fingerprint density at radius 2 is 1.90 bits per heavy atom. The van der Waals surface area contributed by atoms with E-state index in [9.17, 15) is 9.59 Å². The minimum atomic E-state index is -0.377. The first-order valence-corrected chi connectivity index (χ1v) is 7.80. The maximum Gasteiger partial charge on any atom is 0.315 e. The van der Waals surface area contributed by atoms with Crippen LogP contribution < -0.4 is 16.4 Å². The van der Waals surface area contributed by atoms with Gasteiger partial charge in [-0.1, -0.05) is 13.8 Å². The van der Waals surface area contributed by atoms with Crippen molar-refractivity contribution in [3.63, 3.8) is 0 Å². The Labute approximate surface area is 127 Å². The fourth-order valence-electron chi connectivity index (χ4n) is 2.92. The number of carbonyl (C=O) groups is 2. The predicted molar refractivity (Wildman–Crippen MR) is 83.9 cm³/mol. The lowest BCUT2D eigenvalue weighted by Crippen LogP contribution is -2.57. The lowest BCUT2D eigenvalue weighted by molar-refractivity contribution is -0.129. The van der Waals surface area contributed by atoms with E-state index in [0.717, 1.165) is 19.3 Å². The largest absolute Gasteiger partial charge is 0.343 e. The fourth-order valence-corrected chi connectivity index (χ4v) is 2.92. The minimum absolute atomic E-state index is 0.102. The van der Waals surface area contributed by atoms with Crippen molar-refractivity contribution in [1.82, 2.24) is 15.5 Å². The second kappa shape index (κ2) is 7.64. The van der Waals surface area contributed by atoms with Gasteiger partial charge in [-0.2, -0.15) is 0 Å². The Morgan fingerprint density at radius 3 is 2.33 bits per heavy atom. The molecular weight excluding hydrogens is 268 g/mol. The number of hydrogen-bond acceptors (Lipinski definition) is 3. The van der Waals surface area contributed by atoms with Crippen LogP contribution in [0.2, 0.25) is 0 Å². The van der Waals surface area contributed by atoms with Gasteiger partial charge in [0.05, 0.1) is 5.54 Å². The van der Waals surface area contributed by atoms with E-state index >= 15 is 0 Å². The summed E-state index contributed by atoms with van der Waals surface area (Å²) >= 11 is 0. The third-order valence-corrected chi connectivity index (χ3v) is 4.00. The van der Waals surface area contributed by atoms with Crippen molar-refractivity contribution in [2.24, 2.45) is 11.7 Å². The quantitative estimate of drug-likeness (QED) is 0.709. The number of likely N-dealkylation sites (tertiary alicyclic amines) is 1. The third kappa shape index (κ3) is 5.91.